The first-order valence-electron chi connectivity index (χ1n) is 11.1. The number of fused-ring (bicyclic) bond motifs is 9. The largest absolute Gasteiger partial charge is 0.377 e. The standard InChI is InChI=1S/C25H25FN4O2/c26-22-14-17-5-7-21(22)23-9-11-28-25(30-23)29-19-6-8-20(16-3-4-16)18(13-19)15-32-12-2-1-10-27-24(17)31/h5-9,11,13-14,16H,1-4,10,12,15H2,(H,27,31)(H,28,29,30). The lowest BCUT2D eigenvalue weighted by Crippen LogP contribution is -2.24. The number of nitrogens with zero attached hydrogens (tertiary/aromatic N) is 2. The average Bonchev–Trinajstić information content (AvgIpc) is 3.63. The Kier molecular flexibility index (Phi) is 5.81. The molecule has 1 amide bonds. The number of halogens is 1. The highest BCUT2D eigenvalue weighted by molar-refractivity contribution is 5.94. The third-order valence-electron chi connectivity index (χ3n) is 5.84. The van der Waals surface area contributed by atoms with E-state index in [9.17, 15) is 9.18 Å². The summed E-state index contributed by atoms with van der Waals surface area (Å²) in [6, 6.07) is 12.4. The van der Waals surface area contributed by atoms with E-state index in [2.05, 4.69) is 32.7 Å². The van der Waals surface area contributed by atoms with E-state index < -0.39 is 5.82 Å². The lowest BCUT2D eigenvalue weighted by molar-refractivity contribution is 0.0945. The monoisotopic (exact) mass is 432 g/mol. The summed E-state index contributed by atoms with van der Waals surface area (Å²) >= 11 is 0. The van der Waals surface area contributed by atoms with Crippen LogP contribution in [0.1, 0.15) is 53.1 Å². The smallest absolute Gasteiger partial charge is 0.251 e. The summed E-state index contributed by atoms with van der Waals surface area (Å²) in [6.45, 7) is 1.68. The van der Waals surface area contributed by atoms with E-state index in [-0.39, 0.29) is 11.5 Å². The molecule has 1 aliphatic carbocycles. The lowest BCUT2D eigenvalue weighted by atomic mass is 10.0. The van der Waals surface area contributed by atoms with Crippen molar-refractivity contribution in [2.75, 3.05) is 18.5 Å². The first-order valence-corrected chi connectivity index (χ1v) is 11.1. The van der Waals surface area contributed by atoms with Crippen molar-refractivity contribution < 1.29 is 13.9 Å². The summed E-state index contributed by atoms with van der Waals surface area (Å²) in [7, 11) is 0. The highest BCUT2D eigenvalue weighted by Crippen LogP contribution is 2.42. The molecular weight excluding hydrogens is 407 g/mol. The molecule has 1 saturated carbocycles. The Bertz CT molecular complexity index is 1150. The van der Waals surface area contributed by atoms with Gasteiger partial charge in [-0.25, -0.2) is 14.4 Å². The lowest BCUT2D eigenvalue weighted by Gasteiger charge is -2.13. The van der Waals surface area contributed by atoms with E-state index in [4.69, 9.17) is 4.74 Å². The first-order chi connectivity index (χ1) is 15.7. The van der Waals surface area contributed by atoms with E-state index >= 15 is 0 Å². The van der Waals surface area contributed by atoms with Gasteiger partial charge in [0.1, 0.15) is 5.82 Å². The molecule has 2 aromatic carbocycles. The van der Waals surface area contributed by atoms with Crippen LogP contribution in [0.25, 0.3) is 11.3 Å². The van der Waals surface area contributed by atoms with E-state index in [0.717, 1.165) is 18.5 Å². The predicted octanol–water partition coefficient (Wildman–Crippen LogP) is 4.94. The molecule has 0 radical (unpaired) electrons. The van der Waals surface area contributed by atoms with E-state index in [0.29, 0.717) is 42.9 Å². The topological polar surface area (TPSA) is 76.1 Å². The van der Waals surface area contributed by atoms with E-state index in [1.54, 1.807) is 24.4 Å². The van der Waals surface area contributed by atoms with Gasteiger partial charge in [-0.05, 0) is 79.1 Å². The van der Waals surface area contributed by atoms with E-state index in [1.165, 1.54) is 30.0 Å². The van der Waals surface area contributed by atoms with Crippen LogP contribution in [-0.2, 0) is 11.3 Å². The van der Waals surface area contributed by atoms with E-state index in [1.807, 2.05) is 6.07 Å². The quantitative estimate of drug-likeness (QED) is 0.569. The number of benzene rings is 2. The maximum atomic E-state index is 14.8. The van der Waals surface area contributed by atoms with Crippen molar-refractivity contribution in [3.63, 3.8) is 0 Å². The molecule has 0 saturated heterocycles. The molecule has 0 spiro atoms. The van der Waals surface area contributed by atoms with Crippen molar-refractivity contribution in [3.8, 4) is 11.3 Å². The molecule has 3 aromatic rings. The maximum Gasteiger partial charge on any atom is 0.251 e. The number of hydrogen-bond acceptors (Lipinski definition) is 5. The van der Waals surface area contributed by atoms with Crippen LogP contribution < -0.4 is 10.6 Å². The van der Waals surface area contributed by atoms with Crippen molar-refractivity contribution in [1.82, 2.24) is 15.3 Å². The van der Waals surface area contributed by atoms with Crippen molar-refractivity contribution in [2.24, 2.45) is 0 Å². The van der Waals surface area contributed by atoms with Gasteiger partial charge in [-0.3, -0.25) is 4.79 Å². The van der Waals surface area contributed by atoms with Gasteiger partial charge in [-0.1, -0.05) is 6.07 Å². The van der Waals surface area contributed by atoms with Crippen molar-refractivity contribution in [1.29, 1.82) is 0 Å². The Balaban J connectivity index is 1.48. The molecule has 3 aliphatic rings. The normalized spacial score (nSPS) is 17.0. The Morgan fingerprint density at radius 1 is 1.06 bits per heavy atom. The molecule has 6 nitrogen and oxygen atoms in total. The second-order valence-electron chi connectivity index (χ2n) is 8.29. The Labute approximate surface area is 186 Å². The minimum absolute atomic E-state index is 0.288. The molecule has 32 heavy (non-hydrogen) atoms. The van der Waals surface area contributed by atoms with Crippen LogP contribution in [0.4, 0.5) is 16.0 Å². The van der Waals surface area contributed by atoms with Gasteiger partial charge >= 0.3 is 0 Å². The van der Waals surface area contributed by atoms with Crippen molar-refractivity contribution >= 4 is 17.5 Å². The van der Waals surface area contributed by atoms with Crippen LogP contribution in [0.3, 0.4) is 0 Å². The molecule has 6 bridgehead atoms. The first kappa shape index (κ1) is 20.6. The van der Waals surface area contributed by atoms with Gasteiger partial charge in [0.05, 0.1) is 12.3 Å². The maximum absolute atomic E-state index is 14.8. The fourth-order valence-electron chi connectivity index (χ4n) is 3.98. The van der Waals surface area contributed by atoms with Gasteiger partial charge < -0.3 is 15.4 Å². The molecular formula is C25H25FN4O2. The zero-order chi connectivity index (χ0) is 21.9. The number of anilines is 2. The summed E-state index contributed by atoms with van der Waals surface area (Å²) in [5.41, 5.74) is 4.43. The summed E-state index contributed by atoms with van der Waals surface area (Å²) < 4.78 is 20.7. The molecule has 7 heteroatoms. The Morgan fingerprint density at radius 2 is 1.97 bits per heavy atom. The van der Waals surface area contributed by atoms with Gasteiger partial charge in [0.15, 0.2) is 0 Å². The Morgan fingerprint density at radius 3 is 2.81 bits per heavy atom. The minimum atomic E-state index is -0.496. The highest BCUT2D eigenvalue weighted by Gasteiger charge is 2.26. The number of rotatable bonds is 1. The molecule has 0 atom stereocenters. The zero-order valence-corrected chi connectivity index (χ0v) is 17.7. The van der Waals surface area contributed by atoms with Gasteiger partial charge in [0, 0.05) is 36.2 Å². The summed E-state index contributed by atoms with van der Waals surface area (Å²) in [6.07, 6.45) is 5.66. The zero-order valence-electron chi connectivity index (χ0n) is 17.7. The van der Waals surface area contributed by atoms with Crippen LogP contribution in [-0.4, -0.2) is 29.0 Å². The third-order valence-corrected chi connectivity index (χ3v) is 5.84. The Hall–Kier alpha value is -3.32. The number of aromatic nitrogens is 2. The fourth-order valence-corrected chi connectivity index (χ4v) is 3.98. The van der Waals surface area contributed by atoms with Crippen LogP contribution in [0, 0.1) is 5.82 Å². The SMILES string of the molecule is O=C1NCCCCOCc2cc(ccc2C2CC2)Nc2nccc(n2)-c2ccc1cc2F. The molecule has 6 rings (SSSR count). The van der Waals surface area contributed by atoms with Gasteiger partial charge in [0.2, 0.25) is 5.95 Å². The van der Waals surface area contributed by atoms with Crippen molar-refractivity contribution in [2.45, 2.75) is 38.2 Å². The summed E-state index contributed by atoms with van der Waals surface area (Å²) in [5.74, 6) is 0.214. The molecule has 3 heterocycles. The molecule has 2 aliphatic heterocycles. The second-order valence-corrected chi connectivity index (χ2v) is 8.29. The van der Waals surface area contributed by atoms with Gasteiger partial charge in [-0.2, -0.15) is 0 Å². The second kappa shape index (κ2) is 9.04. The number of carbonyl (C=O) groups is 1. The molecule has 2 N–H and O–H groups in total. The summed E-state index contributed by atoms with van der Waals surface area (Å²) in [4.78, 5) is 21.1. The molecule has 1 fully saturated rings. The highest BCUT2D eigenvalue weighted by atomic mass is 19.1. The van der Waals surface area contributed by atoms with Gasteiger partial charge in [-0.15, -0.1) is 0 Å². The molecule has 0 unspecified atom stereocenters. The number of ether oxygens (including phenoxy) is 1. The third kappa shape index (κ3) is 4.62. The predicted molar refractivity (Wildman–Crippen MR) is 120 cm³/mol. The van der Waals surface area contributed by atoms with Gasteiger partial charge in [0.25, 0.3) is 5.91 Å². The molecule has 1 aromatic heterocycles. The number of amides is 1. The average molecular weight is 432 g/mol. The van der Waals surface area contributed by atoms with Crippen LogP contribution >= 0.6 is 0 Å². The fraction of sp³-hybridized carbons (Fsp3) is 0.320. The molecule has 164 valence electrons. The van der Waals surface area contributed by atoms with Crippen LogP contribution in [0.15, 0.2) is 48.7 Å². The van der Waals surface area contributed by atoms with Crippen LogP contribution in [0.5, 0.6) is 0 Å². The number of nitrogens with one attached hydrogen (secondary N) is 2. The number of hydrogen-bond donors (Lipinski definition) is 2. The van der Waals surface area contributed by atoms with Crippen LogP contribution in [0.2, 0.25) is 0 Å². The van der Waals surface area contributed by atoms with Crippen molar-refractivity contribution in [3.05, 3.63) is 71.2 Å². The summed E-state index contributed by atoms with van der Waals surface area (Å²) in [5, 5.41) is 6.08. The minimum Gasteiger partial charge on any atom is -0.377 e. The number of carbonyl (C=O) groups excluding carboxylic acids is 1.